The summed E-state index contributed by atoms with van der Waals surface area (Å²) in [4.78, 5) is 2.05. The van der Waals surface area contributed by atoms with Gasteiger partial charge in [-0.1, -0.05) is 26.0 Å². The van der Waals surface area contributed by atoms with Crippen LogP contribution in [0.4, 0.5) is 5.69 Å². The van der Waals surface area contributed by atoms with Crippen LogP contribution in [0.2, 0.25) is 0 Å². The molecule has 0 aromatic heterocycles. The van der Waals surface area contributed by atoms with Crippen LogP contribution in [0.5, 0.6) is 0 Å². The minimum Gasteiger partial charge on any atom is -0.395 e. The third-order valence-electron chi connectivity index (χ3n) is 2.46. The average Bonchev–Trinajstić information content (AvgIpc) is 2.18. The Kier molecular flexibility index (Phi) is 4.63. The van der Waals surface area contributed by atoms with Gasteiger partial charge < -0.3 is 10.0 Å². The Bertz CT molecular complexity index is 279. The first kappa shape index (κ1) is 12.1. The van der Waals surface area contributed by atoms with Gasteiger partial charge in [-0.2, -0.15) is 0 Å². The van der Waals surface area contributed by atoms with Crippen LogP contribution in [0.3, 0.4) is 0 Å². The molecule has 2 heteroatoms. The minimum atomic E-state index is 0.199. The first-order valence-electron chi connectivity index (χ1n) is 5.54. The number of rotatable bonds is 5. The van der Waals surface area contributed by atoms with Gasteiger partial charge in [-0.3, -0.25) is 0 Å². The molecule has 1 aromatic rings. The maximum Gasteiger partial charge on any atom is 0.0606 e. The van der Waals surface area contributed by atoms with Gasteiger partial charge in [0.1, 0.15) is 0 Å². The van der Waals surface area contributed by atoms with Crippen molar-refractivity contribution in [2.45, 2.75) is 20.3 Å². The van der Waals surface area contributed by atoms with E-state index in [9.17, 15) is 0 Å². The number of benzene rings is 1. The van der Waals surface area contributed by atoms with Gasteiger partial charge in [-0.05, 0) is 30.0 Å². The summed E-state index contributed by atoms with van der Waals surface area (Å²) in [5.74, 6) is 0.700. The fourth-order valence-electron chi connectivity index (χ4n) is 1.64. The van der Waals surface area contributed by atoms with Gasteiger partial charge in [0.25, 0.3) is 0 Å². The lowest BCUT2D eigenvalue weighted by atomic mass is 10.0. The third-order valence-corrected chi connectivity index (χ3v) is 2.46. The first-order chi connectivity index (χ1) is 7.13. The van der Waals surface area contributed by atoms with Crippen LogP contribution >= 0.6 is 0 Å². The second-order valence-electron chi connectivity index (χ2n) is 4.41. The van der Waals surface area contributed by atoms with E-state index < -0.39 is 0 Å². The zero-order chi connectivity index (χ0) is 11.3. The molecule has 0 spiro atoms. The maximum atomic E-state index is 8.83. The second-order valence-corrected chi connectivity index (χ2v) is 4.41. The number of nitrogens with zero attached hydrogens (tertiary/aromatic N) is 1. The van der Waals surface area contributed by atoms with Gasteiger partial charge >= 0.3 is 0 Å². The molecule has 1 rings (SSSR count). The molecule has 0 heterocycles. The van der Waals surface area contributed by atoms with Crippen LogP contribution < -0.4 is 4.90 Å². The molecule has 0 aliphatic carbocycles. The zero-order valence-electron chi connectivity index (χ0n) is 9.90. The summed E-state index contributed by atoms with van der Waals surface area (Å²) in [5.41, 5.74) is 2.54. The Labute approximate surface area is 92.5 Å². The van der Waals surface area contributed by atoms with Crippen molar-refractivity contribution in [2.75, 3.05) is 25.1 Å². The summed E-state index contributed by atoms with van der Waals surface area (Å²) >= 11 is 0. The normalized spacial score (nSPS) is 10.7. The van der Waals surface area contributed by atoms with Crippen molar-refractivity contribution in [3.8, 4) is 0 Å². The number of hydrogen-bond acceptors (Lipinski definition) is 2. The number of aliphatic hydroxyl groups excluding tert-OH is 1. The molecule has 1 aromatic carbocycles. The largest absolute Gasteiger partial charge is 0.395 e. The molecule has 0 aliphatic rings. The van der Waals surface area contributed by atoms with Gasteiger partial charge in [0.05, 0.1) is 6.61 Å². The molecule has 0 unspecified atom stereocenters. The van der Waals surface area contributed by atoms with Crippen molar-refractivity contribution in [3.05, 3.63) is 29.8 Å². The molecule has 0 radical (unpaired) electrons. The van der Waals surface area contributed by atoms with Crippen molar-refractivity contribution < 1.29 is 5.11 Å². The van der Waals surface area contributed by atoms with Crippen LogP contribution in [0, 0.1) is 5.92 Å². The van der Waals surface area contributed by atoms with E-state index in [1.807, 2.05) is 7.05 Å². The van der Waals surface area contributed by atoms with Gasteiger partial charge in [-0.25, -0.2) is 0 Å². The summed E-state index contributed by atoms with van der Waals surface area (Å²) in [5, 5.41) is 8.83. The highest BCUT2D eigenvalue weighted by atomic mass is 16.3. The summed E-state index contributed by atoms with van der Waals surface area (Å²) in [6, 6.07) is 8.58. The summed E-state index contributed by atoms with van der Waals surface area (Å²) < 4.78 is 0. The van der Waals surface area contributed by atoms with Crippen molar-refractivity contribution in [1.82, 2.24) is 0 Å². The van der Waals surface area contributed by atoms with Gasteiger partial charge in [0, 0.05) is 19.3 Å². The molecular formula is C13H21NO. The van der Waals surface area contributed by atoms with Crippen LogP contribution in [0.15, 0.2) is 24.3 Å². The third kappa shape index (κ3) is 3.92. The topological polar surface area (TPSA) is 23.5 Å². The molecule has 1 N–H and O–H groups in total. The number of anilines is 1. The molecule has 0 amide bonds. The standard InChI is InChI=1S/C13H21NO/c1-11(2)10-12-4-6-13(7-5-12)14(3)8-9-15/h4-7,11,15H,8-10H2,1-3H3. The smallest absolute Gasteiger partial charge is 0.0606 e. The Hall–Kier alpha value is -1.02. The second kappa shape index (κ2) is 5.76. The van der Waals surface area contributed by atoms with E-state index in [0.29, 0.717) is 12.5 Å². The Morgan fingerprint density at radius 1 is 1.20 bits per heavy atom. The highest BCUT2D eigenvalue weighted by Crippen LogP contribution is 2.15. The van der Waals surface area contributed by atoms with Crippen LogP contribution in [0.1, 0.15) is 19.4 Å². The quantitative estimate of drug-likeness (QED) is 0.801. The van der Waals surface area contributed by atoms with E-state index in [1.165, 1.54) is 5.56 Å². The monoisotopic (exact) mass is 207 g/mol. The Morgan fingerprint density at radius 3 is 2.27 bits per heavy atom. The molecule has 0 saturated carbocycles. The summed E-state index contributed by atoms with van der Waals surface area (Å²) in [7, 11) is 1.99. The van der Waals surface area contributed by atoms with E-state index in [2.05, 4.69) is 43.0 Å². The Balaban J connectivity index is 2.63. The molecule has 0 bridgehead atoms. The van der Waals surface area contributed by atoms with Gasteiger partial charge in [-0.15, -0.1) is 0 Å². The zero-order valence-corrected chi connectivity index (χ0v) is 9.90. The highest BCUT2D eigenvalue weighted by Gasteiger charge is 2.01. The van der Waals surface area contributed by atoms with E-state index in [0.717, 1.165) is 12.1 Å². The first-order valence-corrected chi connectivity index (χ1v) is 5.54. The lowest BCUT2D eigenvalue weighted by Gasteiger charge is -2.18. The molecule has 84 valence electrons. The predicted octanol–water partition coefficient (Wildman–Crippen LogP) is 2.31. The number of hydrogen-bond donors (Lipinski definition) is 1. The average molecular weight is 207 g/mol. The van der Waals surface area contributed by atoms with Crippen LogP contribution in [-0.4, -0.2) is 25.3 Å². The molecule has 0 saturated heterocycles. The van der Waals surface area contributed by atoms with Gasteiger partial charge in [0.2, 0.25) is 0 Å². The number of likely N-dealkylation sites (N-methyl/N-ethyl adjacent to an activating group) is 1. The van der Waals surface area contributed by atoms with Crippen molar-refractivity contribution in [1.29, 1.82) is 0 Å². The molecule has 2 nitrogen and oxygen atoms in total. The molecule has 15 heavy (non-hydrogen) atoms. The summed E-state index contributed by atoms with van der Waals surface area (Å²) in [6.45, 7) is 5.34. The van der Waals surface area contributed by atoms with E-state index in [1.54, 1.807) is 0 Å². The fourth-order valence-corrected chi connectivity index (χ4v) is 1.64. The summed E-state index contributed by atoms with van der Waals surface area (Å²) in [6.07, 6.45) is 1.13. The molecule has 0 aliphatic heterocycles. The van der Waals surface area contributed by atoms with Crippen molar-refractivity contribution in [3.63, 3.8) is 0 Å². The van der Waals surface area contributed by atoms with E-state index >= 15 is 0 Å². The van der Waals surface area contributed by atoms with Crippen LogP contribution in [0.25, 0.3) is 0 Å². The minimum absolute atomic E-state index is 0.199. The molecular weight excluding hydrogens is 186 g/mol. The SMILES string of the molecule is CC(C)Cc1ccc(N(C)CCO)cc1. The van der Waals surface area contributed by atoms with E-state index in [-0.39, 0.29) is 6.61 Å². The lowest BCUT2D eigenvalue weighted by molar-refractivity contribution is 0.304. The lowest BCUT2D eigenvalue weighted by Crippen LogP contribution is -2.20. The van der Waals surface area contributed by atoms with Crippen molar-refractivity contribution >= 4 is 5.69 Å². The number of aliphatic hydroxyl groups is 1. The van der Waals surface area contributed by atoms with E-state index in [4.69, 9.17) is 5.11 Å². The van der Waals surface area contributed by atoms with Crippen molar-refractivity contribution in [2.24, 2.45) is 5.92 Å². The van der Waals surface area contributed by atoms with Crippen LogP contribution in [-0.2, 0) is 6.42 Å². The molecule has 0 atom stereocenters. The van der Waals surface area contributed by atoms with Gasteiger partial charge in [0.15, 0.2) is 0 Å². The maximum absolute atomic E-state index is 8.83. The molecule has 0 fully saturated rings. The fraction of sp³-hybridized carbons (Fsp3) is 0.538. The Morgan fingerprint density at radius 2 is 1.80 bits per heavy atom. The highest BCUT2D eigenvalue weighted by molar-refractivity contribution is 5.46. The predicted molar refractivity (Wildman–Crippen MR) is 65.3 cm³/mol.